The van der Waals surface area contributed by atoms with E-state index in [0.29, 0.717) is 30.2 Å². The van der Waals surface area contributed by atoms with Crippen molar-refractivity contribution in [2.24, 2.45) is 5.92 Å². The molecule has 0 saturated carbocycles. The van der Waals surface area contributed by atoms with E-state index in [1.165, 1.54) is 0 Å². The van der Waals surface area contributed by atoms with E-state index in [-0.39, 0.29) is 17.9 Å². The molecule has 2 N–H and O–H groups in total. The van der Waals surface area contributed by atoms with Crippen LogP contribution < -0.4 is 10.6 Å². The number of carbonyl (C=O) groups is 2. The number of anilines is 1. The Labute approximate surface area is 123 Å². The number of halogens is 1. The Bertz CT molecular complexity index is 533. The molecule has 1 aromatic rings. The first-order chi connectivity index (χ1) is 9.51. The Balaban J connectivity index is 1.96. The second-order valence-electron chi connectivity index (χ2n) is 4.94. The molecular formula is C14H18ClN3O2. The van der Waals surface area contributed by atoms with Gasteiger partial charge in [-0.25, -0.2) is 4.79 Å². The quantitative estimate of drug-likeness (QED) is 0.879. The molecule has 1 atom stereocenters. The zero-order chi connectivity index (χ0) is 14.7. The molecule has 5 nitrogen and oxygen atoms in total. The number of urea groups is 1. The molecule has 6 heteroatoms. The number of amides is 3. The maximum atomic E-state index is 12.1. The average Bonchev–Trinajstić information content (AvgIpc) is 2.92. The molecule has 0 radical (unpaired) electrons. The van der Waals surface area contributed by atoms with Gasteiger partial charge in [0.1, 0.15) is 0 Å². The van der Waals surface area contributed by atoms with E-state index in [1.807, 2.05) is 19.1 Å². The number of hydrogen-bond donors (Lipinski definition) is 2. The van der Waals surface area contributed by atoms with E-state index in [2.05, 4.69) is 10.6 Å². The minimum atomic E-state index is -0.198. The molecule has 0 aliphatic carbocycles. The maximum Gasteiger partial charge on any atom is 0.321 e. The summed E-state index contributed by atoms with van der Waals surface area (Å²) in [5, 5.41) is 6.03. The zero-order valence-corrected chi connectivity index (χ0v) is 12.3. The monoisotopic (exact) mass is 295 g/mol. The van der Waals surface area contributed by atoms with Crippen molar-refractivity contribution in [2.75, 3.05) is 25.5 Å². The zero-order valence-electron chi connectivity index (χ0n) is 11.6. The second kappa shape index (κ2) is 6.13. The SMILES string of the molecule is CNC(=O)[C@H]1CCN(C(=O)Nc2ccc(C)c(Cl)c2)C1. The number of likely N-dealkylation sites (tertiary alicyclic amines) is 1. The van der Waals surface area contributed by atoms with Gasteiger partial charge in [-0.3, -0.25) is 4.79 Å². The van der Waals surface area contributed by atoms with Crippen LogP contribution in [0.5, 0.6) is 0 Å². The minimum absolute atomic E-state index is 0.0151. The van der Waals surface area contributed by atoms with E-state index in [1.54, 1.807) is 18.0 Å². The van der Waals surface area contributed by atoms with Gasteiger partial charge < -0.3 is 15.5 Å². The van der Waals surface area contributed by atoms with Crippen LogP contribution in [0.15, 0.2) is 18.2 Å². The second-order valence-corrected chi connectivity index (χ2v) is 5.35. The van der Waals surface area contributed by atoms with Crippen LogP contribution in [0.2, 0.25) is 5.02 Å². The molecule has 108 valence electrons. The average molecular weight is 296 g/mol. The van der Waals surface area contributed by atoms with E-state index in [9.17, 15) is 9.59 Å². The van der Waals surface area contributed by atoms with Crippen LogP contribution in [0.4, 0.5) is 10.5 Å². The molecule has 0 unspecified atom stereocenters. The Morgan fingerprint density at radius 1 is 1.40 bits per heavy atom. The van der Waals surface area contributed by atoms with Crippen LogP contribution in [-0.4, -0.2) is 37.0 Å². The summed E-state index contributed by atoms with van der Waals surface area (Å²) in [5.41, 5.74) is 1.62. The van der Waals surface area contributed by atoms with Crippen LogP contribution in [0, 0.1) is 12.8 Å². The largest absolute Gasteiger partial charge is 0.359 e. The summed E-state index contributed by atoms with van der Waals surface area (Å²) in [7, 11) is 1.61. The van der Waals surface area contributed by atoms with E-state index >= 15 is 0 Å². The topological polar surface area (TPSA) is 61.4 Å². The van der Waals surface area contributed by atoms with Gasteiger partial charge in [-0.1, -0.05) is 17.7 Å². The van der Waals surface area contributed by atoms with Gasteiger partial charge in [0.25, 0.3) is 0 Å². The lowest BCUT2D eigenvalue weighted by molar-refractivity contribution is -0.124. The van der Waals surface area contributed by atoms with Gasteiger partial charge in [0.2, 0.25) is 5.91 Å². The highest BCUT2D eigenvalue weighted by Gasteiger charge is 2.30. The predicted molar refractivity (Wildman–Crippen MR) is 79.0 cm³/mol. The number of nitrogens with zero attached hydrogens (tertiary/aromatic N) is 1. The summed E-state index contributed by atoms with van der Waals surface area (Å²) in [6.07, 6.45) is 0.696. The first-order valence-electron chi connectivity index (χ1n) is 6.55. The molecular weight excluding hydrogens is 278 g/mol. The Hall–Kier alpha value is -1.75. The third-order valence-electron chi connectivity index (χ3n) is 3.52. The number of carbonyl (C=O) groups excluding carboxylic acids is 2. The van der Waals surface area contributed by atoms with Crippen LogP contribution in [0.3, 0.4) is 0 Å². The Morgan fingerprint density at radius 2 is 2.15 bits per heavy atom. The third-order valence-corrected chi connectivity index (χ3v) is 3.92. The van der Waals surface area contributed by atoms with Crippen LogP contribution >= 0.6 is 11.6 Å². The van der Waals surface area contributed by atoms with Crippen LogP contribution in [0.1, 0.15) is 12.0 Å². The van der Waals surface area contributed by atoms with E-state index in [4.69, 9.17) is 11.6 Å². The Morgan fingerprint density at radius 3 is 2.80 bits per heavy atom. The highest BCUT2D eigenvalue weighted by molar-refractivity contribution is 6.31. The van der Waals surface area contributed by atoms with Crippen LogP contribution in [0.25, 0.3) is 0 Å². The molecule has 1 fully saturated rings. The fourth-order valence-corrected chi connectivity index (χ4v) is 2.42. The number of aryl methyl sites for hydroxylation is 1. The summed E-state index contributed by atoms with van der Waals surface area (Å²) >= 11 is 6.02. The highest BCUT2D eigenvalue weighted by Crippen LogP contribution is 2.22. The molecule has 0 spiro atoms. The normalized spacial score (nSPS) is 17.9. The lowest BCUT2D eigenvalue weighted by Gasteiger charge is -2.17. The van der Waals surface area contributed by atoms with Crippen molar-refractivity contribution in [3.63, 3.8) is 0 Å². The predicted octanol–water partition coefficient (Wildman–Crippen LogP) is 2.25. The fraction of sp³-hybridized carbons (Fsp3) is 0.429. The molecule has 3 amide bonds. The van der Waals surface area contributed by atoms with Crippen molar-refractivity contribution in [3.05, 3.63) is 28.8 Å². The molecule has 1 aliphatic rings. The van der Waals surface area contributed by atoms with Crippen LogP contribution in [-0.2, 0) is 4.79 Å². The molecule has 1 heterocycles. The third kappa shape index (κ3) is 3.22. The van der Waals surface area contributed by atoms with E-state index in [0.717, 1.165) is 5.56 Å². The maximum absolute atomic E-state index is 12.1. The summed E-state index contributed by atoms with van der Waals surface area (Å²) in [6, 6.07) is 5.19. The molecule has 1 aliphatic heterocycles. The molecule has 1 saturated heterocycles. The highest BCUT2D eigenvalue weighted by atomic mass is 35.5. The van der Waals surface area contributed by atoms with Gasteiger partial charge in [0.15, 0.2) is 0 Å². The summed E-state index contributed by atoms with van der Waals surface area (Å²) in [5.74, 6) is -0.133. The standard InChI is InChI=1S/C14H18ClN3O2/c1-9-3-4-11(7-12(9)15)17-14(20)18-6-5-10(8-18)13(19)16-2/h3-4,7,10H,5-6,8H2,1-2H3,(H,16,19)(H,17,20)/t10-/m0/s1. The molecule has 2 rings (SSSR count). The van der Waals surface area contributed by atoms with E-state index < -0.39 is 0 Å². The van der Waals surface area contributed by atoms with Crippen molar-refractivity contribution >= 4 is 29.2 Å². The molecule has 0 bridgehead atoms. The first-order valence-corrected chi connectivity index (χ1v) is 6.92. The lowest BCUT2D eigenvalue weighted by atomic mass is 10.1. The fourth-order valence-electron chi connectivity index (χ4n) is 2.24. The Kier molecular flexibility index (Phi) is 4.49. The lowest BCUT2D eigenvalue weighted by Crippen LogP contribution is -2.35. The summed E-state index contributed by atoms with van der Waals surface area (Å²) < 4.78 is 0. The minimum Gasteiger partial charge on any atom is -0.359 e. The first kappa shape index (κ1) is 14.7. The van der Waals surface area contributed by atoms with Crippen molar-refractivity contribution < 1.29 is 9.59 Å². The molecule has 0 aromatic heterocycles. The van der Waals surface area contributed by atoms with Gasteiger partial charge >= 0.3 is 6.03 Å². The summed E-state index contributed by atoms with van der Waals surface area (Å²) in [6.45, 7) is 2.94. The summed E-state index contributed by atoms with van der Waals surface area (Å²) in [4.78, 5) is 25.3. The number of benzene rings is 1. The number of hydrogen-bond acceptors (Lipinski definition) is 2. The van der Waals surface area contributed by atoms with Gasteiger partial charge in [-0.05, 0) is 31.0 Å². The smallest absolute Gasteiger partial charge is 0.321 e. The van der Waals surface area contributed by atoms with Crippen molar-refractivity contribution in [1.82, 2.24) is 10.2 Å². The van der Waals surface area contributed by atoms with Gasteiger partial charge in [0, 0.05) is 30.8 Å². The number of rotatable bonds is 2. The van der Waals surface area contributed by atoms with Crippen molar-refractivity contribution in [1.29, 1.82) is 0 Å². The van der Waals surface area contributed by atoms with Gasteiger partial charge in [-0.15, -0.1) is 0 Å². The van der Waals surface area contributed by atoms with Gasteiger partial charge in [-0.2, -0.15) is 0 Å². The molecule has 20 heavy (non-hydrogen) atoms. The number of nitrogens with one attached hydrogen (secondary N) is 2. The molecule has 1 aromatic carbocycles. The van der Waals surface area contributed by atoms with Crippen molar-refractivity contribution in [3.8, 4) is 0 Å². The van der Waals surface area contributed by atoms with Crippen molar-refractivity contribution in [2.45, 2.75) is 13.3 Å². The van der Waals surface area contributed by atoms with Gasteiger partial charge in [0.05, 0.1) is 5.92 Å².